The molecule has 0 aromatic heterocycles. The number of hydrogen-bond donors (Lipinski definition) is 1. The summed E-state index contributed by atoms with van der Waals surface area (Å²) >= 11 is 0. The average Bonchev–Trinajstić information content (AvgIpc) is 3.08. The van der Waals surface area contributed by atoms with Crippen molar-refractivity contribution in [1.29, 1.82) is 5.26 Å². The lowest BCUT2D eigenvalue weighted by atomic mass is 9.99. The molecule has 1 N–H and O–H groups in total. The van der Waals surface area contributed by atoms with Gasteiger partial charge in [-0.05, 0) is 31.4 Å². The van der Waals surface area contributed by atoms with E-state index in [1.165, 1.54) is 11.1 Å². The Kier molecular flexibility index (Phi) is 5.35. The van der Waals surface area contributed by atoms with Crippen molar-refractivity contribution in [1.82, 2.24) is 5.32 Å². The standard InChI is InChI=1S/C20H22N2O2/c1-15-8-10-16(11-9-15)18(6-2-3-12-21)22-13-17-5-4-7-19-20(17)24-14-23-19/h4-5,7-11,18,22H,2-3,6,13-14H2,1H3/t18-/m0/s1. The Balaban J connectivity index is 1.71. The van der Waals surface area contributed by atoms with Crippen LogP contribution in [0.25, 0.3) is 0 Å². The highest BCUT2D eigenvalue weighted by atomic mass is 16.7. The molecule has 0 fully saturated rings. The zero-order chi connectivity index (χ0) is 16.8. The van der Waals surface area contributed by atoms with Crippen LogP contribution in [0.4, 0.5) is 0 Å². The Hall–Kier alpha value is -2.51. The van der Waals surface area contributed by atoms with Crippen LogP contribution in [0, 0.1) is 18.3 Å². The first-order valence-electron chi connectivity index (χ1n) is 8.32. The minimum atomic E-state index is 0.220. The van der Waals surface area contributed by atoms with Crippen LogP contribution in [0.3, 0.4) is 0 Å². The molecule has 1 aliphatic heterocycles. The summed E-state index contributed by atoms with van der Waals surface area (Å²) in [4.78, 5) is 0. The van der Waals surface area contributed by atoms with Crippen molar-refractivity contribution in [3.63, 3.8) is 0 Å². The lowest BCUT2D eigenvalue weighted by Gasteiger charge is -2.20. The van der Waals surface area contributed by atoms with Gasteiger partial charge < -0.3 is 14.8 Å². The lowest BCUT2D eigenvalue weighted by Crippen LogP contribution is -2.21. The first kappa shape index (κ1) is 16.4. The molecule has 1 heterocycles. The molecule has 24 heavy (non-hydrogen) atoms. The third-order valence-corrected chi connectivity index (χ3v) is 4.28. The molecule has 3 rings (SSSR count). The number of ether oxygens (including phenoxy) is 2. The predicted molar refractivity (Wildman–Crippen MR) is 92.8 cm³/mol. The monoisotopic (exact) mass is 322 g/mol. The normalized spacial score (nSPS) is 13.5. The van der Waals surface area contributed by atoms with Crippen molar-refractivity contribution in [2.45, 2.75) is 38.8 Å². The Morgan fingerprint density at radius 3 is 2.79 bits per heavy atom. The van der Waals surface area contributed by atoms with Gasteiger partial charge in [0.05, 0.1) is 6.07 Å². The first-order valence-corrected chi connectivity index (χ1v) is 8.32. The van der Waals surface area contributed by atoms with E-state index in [0.717, 1.165) is 29.9 Å². The summed E-state index contributed by atoms with van der Waals surface area (Å²) in [6.45, 7) is 3.08. The number of hydrogen-bond acceptors (Lipinski definition) is 4. The second kappa shape index (κ2) is 7.85. The molecule has 1 aliphatic rings. The third-order valence-electron chi connectivity index (χ3n) is 4.28. The molecule has 2 aromatic carbocycles. The molecule has 0 spiro atoms. The number of rotatable bonds is 7. The van der Waals surface area contributed by atoms with Crippen LogP contribution in [0.15, 0.2) is 42.5 Å². The highest BCUT2D eigenvalue weighted by Gasteiger charge is 2.18. The van der Waals surface area contributed by atoms with Crippen molar-refractivity contribution in [2.75, 3.05) is 6.79 Å². The molecule has 0 saturated carbocycles. The van der Waals surface area contributed by atoms with E-state index in [1.54, 1.807) is 0 Å². The fraction of sp³-hybridized carbons (Fsp3) is 0.350. The van der Waals surface area contributed by atoms with E-state index in [-0.39, 0.29) is 12.8 Å². The number of aryl methyl sites for hydroxylation is 1. The number of nitrogens with one attached hydrogen (secondary N) is 1. The van der Waals surface area contributed by atoms with Crippen LogP contribution < -0.4 is 14.8 Å². The van der Waals surface area contributed by atoms with E-state index in [2.05, 4.69) is 48.6 Å². The van der Waals surface area contributed by atoms with Crippen LogP contribution in [0.1, 0.15) is 42.0 Å². The maximum Gasteiger partial charge on any atom is 0.231 e. The van der Waals surface area contributed by atoms with Crippen molar-refractivity contribution >= 4 is 0 Å². The van der Waals surface area contributed by atoms with Gasteiger partial charge in [-0.15, -0.1) is 0 Å². The van der Waals surface area contributed by atoms with Crippen LogP contribution in [0.5, 0.6) is 11.5 Å². The minimum Gasteiger partial charge on any atom is -0.454 e. The zero-order valence-electron chi connectivity index (χ0n) is 13.9. The van der Waals surface area contributed by atoms with Gasteiger partial charge in [0.1, 0.15) is 0 Å². The summed E-state index contributed by atoms with van der Waals surface area (Å²) in [5, 5.41) is 12.4. The first-order chi connectivity index (χ1) is 11.8. The molecule has 0 unspecified atom stereocenters. The van der Waals surface area contributed by atoms with Gasteiger partial charge in [-0.25, -0.2) is 0 Å². The molecular formula is C20H22N2O2. The van der Waals surface area contributed by atoms with E-state index in [4.69, 9.17) is 14.7 Å². The largest absolute Gasteiger partial charge is 0.454 e. The zero-order valence-corrected chi connectivity index (χ0v) is 13.9. The van der Waals surface area contributed by atoms with Crippen LogP contribution >= 0.6 is 0 Å². The summed E-state index contributed by atoms with van der Waals surface area (Å²) in [6.07, 6.45) is 2.40. The summed E-state index contributed by atoms with van der Waals surface area (Å²) in [6, 6.07) is 17.0. The smallest absolute Gasteiger partial charge is 0.231 e. The number of fused-ring (bicyclic) bond motifs is 1. The maximum atomic E-state index is 8.80. The second-order valence-electron chi connectivity index (χ2n) is 6.05. The van der Waals surface area contributed by atoms with Crippen molar-refractivity contribution < 1.29 is 9.47 Å². The highest BCUT2D eigenvalue weighted by molar-refractivity contribution is 5.48. The Morgan fingerprint density at radius 2 is 2.00 bits per heavy atom. The topological polar surface area (TPSA) is 54.3 Å². The van der Waals surface area contributed by atoms with E-state index < -0.39 is 0 Å². The number of para-hydroxylation sites is 1. The molecular weight excluding hydrogens is 300 g/mol. The maximum absolute atomic E-state index is 8.80. The van der Waals surface area contributed by atoms with Gasteiger partial charge in [0.15, 0.2) is 11.5 Å². The van der Waals surface area contributed by atoms with Gasteiger partial charge >= 0.3 is 0 Å². The molecule has 0 aliphatic carbocycles. The van der Waals surface area contributed by atoms with E-state index in [0.29, 0.717) is 13.0 Å². The highest BCUT2D eigenvalue weighted by Crippen LogP contribution is 2.35. The Labute approximate surface area is 143 Å². The van der Waals surface area contributed by atoms with Gasteiger partial charge in [-0.1, -0.05) is 42.0 Å². The second-order valence-corrected chi connectivity index (χ2v) is 6.05. The minimum absolute atomic E-state index is 0.220. The fourth-order valence-electron chi connectivity index (χ4n) is 2.93. The van der Waals surface area contributed by atoms with E-state index in [1.807, 2.05) is 12.1 Å². The van der Waals surface area contributed by atoms with Crippen molar-refractivity contribution in [2.24, 2.45) is 0 Å². The number of benzene rings is 2. The number of nitrogens with zero attached hydrogens (tertiary/aromatic N) is 1. The summed E-state index contributed by atoms with van der Waals surface area (Å²) in [5.41, 5.74) is 3.60. The summed E-state index contributed by atoms with van der Waals surface area (Å²) in [5.74, 6) is 1.65. The predicted octanol–water partition coefficient (Wildman–Crippen LogP) is 4.25. The SMILES string of the molecule is Cc1ccc([C@H](CCCC#N)NCc2cccc3c2OCO3)cc1. The summed E-state index contributed by atoms with van der Waals surface area (Å²) in [7, 11) is 0. The number of unbranched alkanes of at least 4 members (excludes halogenated alkanes) is 1. The lowest BCUT2D eigenvalue weighted by molar-refractivity contribution is 0.173. The van der Waals surface area contributed by atoms with Gasteiger partial charge in [0.2, 0.25) is 6.79 Å². The molecule has 4 heteroatoms. The molecule has 0 saturated heterocycles. The van der Waals surface area contributed by atoms with E-state index in [9.17, 15) is 0 Å². The fourth-order valence-corrected chi connectivity index (χ4v) is 2.93. The Morgan fingerprint density at radius 1 is 1.17 bits per heavy atom. The average molecular weight is 322 g/mol. The molecule has 1 atom stereocenters. The van der Waals surface area contributed by atoms with Gasteiger partial charge in [0.25, 0.3) is 0 Å². The molecule has 0 bridgehead atoms. The van der Waals surface area contributed by atoms with Crippen molar-refractivity contribution in [3.05, 3.63) is 59.2 Å². The van der Waals surface area contributed by atoms with Crippen molar-refractivity contribution in [3.8, 4) is 17.6 Å². The number of nitriles is 1. The quantitative estimate of drug-likeness (QED) is 0.774. The molecule has 0 amide bonds. The molecule has 4 nitrogen and oxygen atoms in total. The molecule has 2 aromatic rings. The van der Waals surface area contributed by atoms with Gasteiger partial charge in [-0.2, -0.15) is 5.26 Å². The third kappa shape index (κ3) is 3.87. The molecule has 0 radical (unpaired) electrons. The summed E-state index contributed by atoms with van der Waals surface area (Å²) < 4.78 is 11.0. The Bertz CT molecular complexity index is 719. The van der Waals surface area contributed by atoms with Crippen LogP contribution in [-0.4, -0.2) is 6.79 Å². The van der Waals surface area contributed by atoms with Crippen LogP contribution in [0.2, 0.25) is 0 Å². The van der Waals surface area contributed by atoms with Gasteiger partial charge in [0, 0.05) is 24.6 Å². The van der Waals surface area contributed by atoms with Crippen LogP contribution in [-0.2, 0) is 6.54 Å². The van der Waals surface area contributed by atoms with Gasteiger partial charge in [-0.3, -0.25) is 0 Å². The molecule has 124 valence electrons. The van der Waals surface area contributed by atoms with E-state index >= 15 is 0 Å².